The molecule has 4 N–H and O–H groups in total. The molecular weight excluding hydrogens is 282 g/mol. The highest BCUT2D eigenvalue weighted by Crippen LogP contribution is 2.14. The number of aromatic amines is 1. The SMILES string of the molecule is O=C(NCCNC(=O)C1CCNC1)c1n[nH]c2ccccc12. The van der Waals surface area contributed by atoms with E-state index in [9.17, 15) is 9.59 Å². The van der Waals surface area contributed by atoms with Crippen LogP contribution in [-0.4, -0.2) is 48.2 Å². The van der Waals surface area contributed by atoms with Gasteiger partial charge in [0.05, 0.1) is 11.4 Å². The molecule has 1 aliphatic rings. The van der Waals surface area contributed by atoms with Gasteiger partial charge in [-0.3, -0.25) is 14.7 Å². The Morgan fingerprint density at radius 2 is 2.05 bits per heavy atom. The topological polar surface area (TPSA) is 98.9 Å². The monoisotopic (exact) mass is 301 g/mol. The number of nitrogens with one attached hydrogen (secondary N) is 4. The molecule has 116 valence electrons. The van der Waals surface area contributed by atoms with Crippen LogP contribution in [-0.2, 0) is 4.79 Å². The van der Waals surface area contributed by atoms with Crippen molar-refractivity contribution in [2.24, 2.45) is 5.92 Å². The lowest BCUT2D eigenvalue weighted by atomic mass is 10.1. The van der Waals surface area contributed by atoms with Crippen LogP contribution in [0.5, 0.6) is 0 Å². The van der Waals surface area contributed by atoms with Crippen molar-refractivity contribution in [1.82, 2.24) is 26.1 Å². The molecule has 1 fully saturated rings. The number of amides is 2. The average Bonchev–Trinajstić information content (AvgIpc) is 3.20. The Bertz CT molecular complexity index is 675. The number of hydrogen-bond acceptors (Lipinski definition) is 4. The van der Waals surface area contributed by atoms with Crippen LogP contribution in [0.2, 0.25) is 0 Å². The third-order valence-electron chi connectivity index (χ3n) is 3.83. The van der Waals surface area contributed by atoms with E-state index >= 15 is 0 Å². The molecular formula is C15H19N5O2. The third-order valence-corrected chi connectivity index (χ3v) is 3.83. The minimum absolute atomic E-state index is 0.0458. The predicted molar refractivity (Wildman–Crippen MR) is 82.4 cm³/mol. The highest BCUT2D eigenvalue weighted by molar-refractivity contribution is 6.04. The summed E-state index contributed by atoms with van der Waals surface area (Å²) in [5.41, 5.74) is 1.21. The summed E-state index contributed by atoms with van der Waals surface area (Å²) in [6.07, 6.45) is 0.872. The van der Waals surface area contributed by atoms with Crippen LogP contribution in [0, 0.1) is 5.92 Å². The zero-order valence-electron chi connectivity index (χ0n) is 12.2. The first-order valence-corrected chi connectivity index (χ1v) is 7.45. The lowest BCUT2D eigenvalue weighted by molar-refractivity contribution is -0.124. The van der Waals surface area contributed by atoms with Gasteiger partial charge in [-0.2, -0.15) is 5.10 Å². The fourth-order valence-corrected chi connectivity index (χ4v) is 2.60. The lowest BCUT2D eigenvalue weighted by Gasteiger charge is -2.10. The second-order valence-electron chi connectivity index (χ2n) is 5.35. The maximum absolute atomic E-state index is 12.1. The third kappa shape index (κ3) is 3.09. The lowest BCUT2D eigenvalue weighted by Crippen LogP contribution is -2.38. The smallest absolute Gasteiger partial charge is 0.272 e. The van der Waals surface area contributed by atoms with Crippen LogP contribution in [0.1, 0.15) is 16.9 Å². The molecule has 7 heteroatoms. The van der Waals surface area contributed by atoms with Crippen LogP contribution >= 0.6 is 0 Å². The van der Waals surface area contributed by atoms with Crippen molar-refractivity contribution in [3.8, 4) is 0 Å². The number of fused-ring (bicyclic) bond motifs is 1. The Kier molecular flexibility index (Phi) is 4.34. The number of rotatable bonds is 5. The van der Waals surface area contributed by atoms with Crippen molar-refractivity contribution in [2.75, 3.05) is 26.2 Å². The molecule has 0 saturated carbocycles. The molecule has 2 amide bonds. The van der Waals surface area contributed by atoms with Gasteiger partial charge in [0.15, 0.2) is 5.69 Å². The number of benzene rings is 1. The number of aromatic nitrogens is 2. The van der Waals surface area contributed by atoms with Crippen LogP contribution in [0.15, 0.2) is 24.3 Å². The van der Waals surface area contributed by atoms with E-state index in [4.69, 9.17) is 0 Å². The molecule has 0 aliphatic carbocycles. The molecule has 1 aromatic heterocycles. The number of carbonyl (C=O) groups is 2. The van der Waals surface area contributed by atoms with Crippen LogP contribution in [0.3, 0.4) is 0 Å². The summed E-state index contributed by atoms with van der Waals surface area (Å²) < 4.78 is 0. The highest BCUT2D eigenvalue weighted by atomic mass is 16.2. The summed E-state index contributed by atoms with van der Waals surface area (Å²) in [7, 11) is 0. The molecule has 1 aliphatic heterocycles. The Morgan fingerprint density at radius 3 is 2.86 bits per heavy atom. The first kappa shape index (κ1) is 14.5. The number of hydrogen-bond donors (Lipinski definition) is 4. The minimum atomic E-state index is -0.241. The number of para-hydroxylation sites is 1. The van der Waals surface area contributed by atoms with E-state index in [1.54, 1.807) is 0 Å². The average molecular weight is 301 g/mol. The van der Waals surface area contributed by atoms with Gasteiger partial charge in [0.2, 0.25) is 5.91 Å². The molecule has 1 saturated heterocycles. The Balaban J connectivity index is 1.47. The molecule has 3 rings (SSSR count). The van der Waals surface area contributed by atoms with Crippen LogP contribution in [0.25, 0.3) is 10.9 Å². The van der Waals surface area contributed by atoms with Gasteiger partial charge in [-0.1, -0.05) is 18.2 Å². The van der Waals surface area contributed by atoms with E-state index in [1.807, 2.05) is 24.3 Å². The number of nitrogens with zero attached hydrogens (tertiary/aromatic N) is 1. The highest BCUT2D eigenvalue weighted by Gasteiger charge is 2.21. The molecule has 1 unspecified atom stereocenters. The molecule has 1 atom stereocenters. The summed E-state index contributed by atoms with van der Waals surface area (Å²) in [6.45, 7) is 2.42. The zero-order chi connectivity index (χ0) is 15.4. The summed E-state index contributed by atoms with van der Waals surface area (Å²) >= 11 is 0. The molecule has 1 aromatic carbocycles. The van der Waals surface area contributed by atoms with Gasteiger partial charge in [0, 0.05) is 25.0 Å². The van der Waals surface area contributed by atoms with Crippen molar-refractivity contribution in [1.29, 1.82) is 0 Å². The summed E-state index contributed by atoms with van der Waals surface area (Å²) in [4.78, 5) is 23.9. The Labute approximate surface area is 127 Å². The van der Waals surface area contributed by atoms with Gasteiger partial charge in [0.25, 0.3) is 5.91 Å². The number of H-pyrrole nitrogens is 1. The Morgan fingerprint density at radius 1 is 1.23 bits per heavy atom. The second kappa shape index (κ2) is 6.57. The molecule has 2 aromatic rings. The standard InChI is InChI=1S/C15H19N5O2/c21-14(10-5-6-16-9-10)17-7-8-18-15(22)13-11-3-1-2-4-12(11)19-20-13/h1-4,10,16H,5-9H2,(H,17,21)(H,18,22)(H,19,20). The molecule has 2 heterocycles. The molecule has 0 bridgehead atoms. The maximum Gasteiger partial charge on any atom is 0.272 e. The maximum atomic E-state index is 12.1. The number of carbonyl (C=O) groups excluding carboxylic acids is 2. The fraction of sp³-hybridized carbons (Fsp3) is 0.400. The fourth-order valence-electron chi connectivity index (χ4n) is 2.60. The van der Waals surface area contributed by atoms with E-state index in [-0.39, 0.29) is 17.7 Å². The Hall–Kier alpha value is -2.41. The summed E-state index contributed by atoms with van der Waals surface area (Å²) in [5, 5.41) is 16.4. The van der Waals surface area contributed by atoms with Gasteiger partial charge >= 0.3 is 0 Å². The normalized spacial score (nSPS) is 17.5. The van der Waals surface area contributed by atoms with Gasteiger partial charge in [-0.25, -0.2) is 0 Å². The van der Waals surface area contributed by atoms with Crippen LogP contribution < -0.4 is 16.0 Å². The van der Waals surface area contributed by atoms with Gasteiger partial charge < -0.3 is 16.0 Å². The van der Waals surface area contributed by atoms with E-state index in [0.29, 0.717) is 18.8 Å². The summed E-state index contributed by atoms with van der Waals surface area (Å²) in [6, 6.07) is 7.47. The summed E-state index contributed by atoms with van der Waals surface area (Å²) in [5.74, 6) is -0.148. The van der Waals surface area contributed by atoms with E-state index in [0.717, 1.165) is 30.4 Å². The van der Waals surface area contributed by atoms with E-state index < -0.39 is 0 Å². The zero-order valence-corrected chi connectivity index (χ0v) is 12.2. The van der Waals surface area contributed by atoms with Gasteiger partial charge in [0.1, 0.15) is 0 Å². The first-order valence-electron chi connectivity index (χ1n) is 7.45. The van der Waals surface area contributed by atoms with Gasteiger partial charge in [-0.05, 0) is 19.0 Å². The van der Waals surface area contributed by atoms with Crippen molar-refractivity contribution in [2.45, 2.75) is 6.42 Å². The van der Waals surface area contributed by atoms with Crippen molar-refractivity contribution >= 4 is 22.7 Å². The van der Waals surface area contributed by atoms with E-state index in [2.05, 4.69) is 26.1 Å². The minimum Gasteiger partial charge on any atom is -0.354 e. The van der Waals surface area contributed by atoms with Crippen molar-refractivity contribution in [3.05, 3.63) is 30.0 Å². The van der Waals surface area contributed by atoms with Crippen LogP contribution in [0.4, 0.5) is 0 Å². The molecule has 0 spiro atoms. The quantitative estimate of drug-likeness (QED) is 0.585. The largest absolute Gasteiger partial charge is 0.354 e. The second-order valence-corrected chi connectivity index (χ2v) is 5.35. The van der Waals surface area contributed by atoms with Gasteiger partial charge in [-0.15, -0.1) is 0 Å². The molecule has 0 radical (unpaired) electrons. The van der Waals surface area contributed by atoms with E-state index in [1.165, 1.54) is 0 Å². The first-order chi connectivity index (χ1) is 10.8. The van der Waals surface area contributed by atoms with Crippen molar-refractivity contribution < 1.29 is 9.59 Å². The molecule has 22 heavy (non-hydrogen) atoms. The predicted octanol–water partition coefficient (Wildman–Crippen LogP) is 0.0184. The molecule has 7 nitrogen and oxygen atoms in total. The van der Waals surface area contributed by atoms with Crippen molar-refractivity contribution in [3.63, 3.8) is 0 Å².